The zero-order valence-electron chi connectivity index (χ0n) is 15.4. The van der Waals surface area contributed by atoms with Crippen LogP contribution in [0, 0.1) is 0 Å². The topological polar surface area (TPSA) is 85.5 Å². The van der Waals surface area contributed by atoms with Gasteiger partial charge in [-0.2, -0.15) is 0 Å². The number of imide groups is 1. The van der Waals surface area contributed by atoms with E-state index in [0.717, 1.165) is 35.5 Å². The quantitative estimate of drug-likeness (QED) is 0.807. The minimum absolute atomic E-state index is 0.273. The standard InChI is InChI=1S/C21H19N3O3S/c1-2-27-13-8-6-12(7-9-13)24-20(25)16-17(22)14-10-11-4-3-5-15(11)23-19(14)28-18(16)21(24)26/h6-10,18H,2-5,22H2,1H3. The van der Waals surface area contributed by atoms with E-state index in [-0.39, 0.29) is 11.8 Å². The zero-order valence-corrected chi connectivity index (χ0v) is 16.2. The fraction of sp³-hybridized carbons (Fsp3) is 0.286. The van der Waals surface area contributed by atoms with Gasteiger partial charge in [-0.3, -0.25) is 9.59 Å². The maximum atomic E-state index is 13.1. The molecule has 142 valence electrons. The minimum atomic E-state index is -0.640. The summed E-state index contributed by atoms with van der Waals surface area (Å²) in [5.41, 5.74) is 10.7. The van der Waals surface area contributed by atoms with Crippen LogP contribution in [0.1, 0.15) is 30.2 Å². The van der Waals surface area contributed by atoms with Crippen molar-refractivity contribution < 1.29 is 14.3 Å². The van der Waals surface area contributed by atoms with Gasteiger partial charge in [0.25, 0.3) is 11.8 Å². The molecular formula is C21H19N3O3S. The van der Waals surface area contributed by atoms with Gasteiger partial charge in [-0.1, -0.05) is 11.8 Å². The molecule has 1 fully saturated rings. The van der Waals surface area contributed by atoms with E-state index < -0.39 is 5.25 Å². The van der Waals surface area contributed by atoms with E-state index in [4.69, 9.17) is 15.5 Å². The predicted molar refractivity (Wildman–Crippen MR) is 107 cm³/mol. The van der Waals surface area contributed by atoms with Crippen LogP contribution in [0.25, 0.3) is 5.70 Å². The number of pyridine rings is 1. The molecule has 3 aliphatic rings. The number of ether oxygens (including phenoxy) is 1. The van der Waals surface area contributed by atoms with Crippen LogP contribution in [0.2, 0.25) is 0 Å². The van der Waals surface area contributed by atoms with Crippen LogP contribution < -0.4 is 15.4 Å². The SMILES string of the molecule is CCOc1ccc(N2C(=O)C3=C(N)c4cc5c(nc4SC3C2=O)CCC5)cc1. The predicted octanol–water partition coefficient (Wildman–Crippen LogP) is 2.69. The second kappa shape index (κ2) is 6.38. The molecule has 0 spiro atoms. The van der Waals surface area contributed by atoms with Gasteiger partial charge in [-0.25, -0.2) is 9.88 Å². The number of thioether (sulfide) groups is 1. The van der Waals surface area contributed by atoms with Crippen LogP contribution in [0.3, 0.4) is 0 Å². The van der Waals surface area contributed by atoms with Gasteiger partial charge in [0.1, 0.15) is 16.0 Å². The second-order valence-corrected chi connectivity index (χ2v) is 8.13. The lowest BCUT2D eigenvalue weighted by Gasteiger charge is -2.20. The summed E-state index contributed by atoms with van der Waals surface area (Å²) >= 11 is 1.33. The summed E-state index contributed by atoms with van der Waals surface area (Å²) < 4.78 is 5.44. The lowest BCUT2D eigenvalue weighted by molar-refractivity contribution is -0.120. The number of carbonyl (C=O) groups excluding carboxylic acids is 2. The molecule has 0 saturated carbocycles. The van der Waals surface area contributed by atoms with Crippen LogP contribution in [-0.2, 0) is 22.4 Å². The molecule has 28 heavy (non-hydrogen) atoms. The molecule has 1 unspecified atom stereocenters. The van der Waals surface area contributed by atoms with E-state index in [1.807, 2.05) is 13.0 Å². The maximum Gasteiger partial charge on any atom is 0.264 e. The number of nitrogens with zero attached hydrogens (tertiary/aromatic N) is 2. The summed E-state index contributed by atoms with van der Waals surface area (Å²) in [7, 11) is 0. The summed E-state index contributed by atoms with van der Waals surface area (Å²) in [6.45, 7) is 2.46. The number of anilines is 1. The van der Waals surface area contributed by atoms with Crippen molar-refractivity contribution in [3.63, 3.8) is 0 Å². The molecule has 2 aromatic rings. The first-order valence-electron chi connectivity index (χ1n) is 9.39. The fourth-order valence-electron chi connectivity index (χ4n) is 4.03. The first kappa shape index (κ1) is 17.3. The van der Waals surface area contributed by atoms with E-state index in [1.165, 1.54) is 22.2 Å². The Hall–Kier alpha value is -2.80. The van der Waals surface area contributed by atoms with Gasteiger partial charge in [-0.15, -0.1) is 0 Å². The molecule has 1 aliphatic carbocycles. The number of hydrogen-bond donors (Lipinski definition) is 1. The lowest BCUT2D eigenvalue weighted by Crippen LogP contribution is -2.31. The molecule has 2 N–H and O–H groups in total. The Labute approximate surface area is 166 Å². The van der Waals surface area contributed by atoms with Crippen molar-refractivity contribution in [2.24, 2.45) is 5.73 Å². The third-order valence-electron chi connectivity index (χ3n) is 5.37. The first-order valence-corrected chi connectivity index (χ1v) is 10.3. The molecule has 1 aromatic carbocycles. The van der Waals surface area contributed by atoms with Crippen LogP contribution in [0.4, 0.5) is 5.69 Å². The number of nitrogens with two attached hydrogens (primary N) is 1. The Balaban J connectivity index is 1.55. The molecule has 1 atom stereocenters. The summed E-state index contributed by atoms with van der Waals surface area (Å²) in [6, 6.07) is 9.01. The Morgan fingerprint density at radius 3 is 2.79 bits per heavy atom. The van der Waals surface area contributed by atoms with Crippen molar-refractivity contribution in [1.29, 1.82) is 0 Å². The van der Waals surface area contributed by atoms with Crippen molar-refractivity contribution in [2.45, 2.75) is 36.5 Å². The van der Waals surface area contributed by atoms with Crippen molar-refractivity contribution >= 4 is 35.0 Å². The van der Waals surface area contributed by atoms with E-state index in [0.29, 0.717) is 29.3 Å². The number of aromatic nitrogens is 1. The molecule has 7 heteroatoms. The van der Waals surface area contributed by atoms with Crippen molar-refractivity contribution in [2.75, 3.05) is 11.5 Å². The number of amides is 2. The smallest absolute Gasteiger partial charge is 0.264 e. The number of rotatable bonds is 3. The molecule has 1 aromatic heterocycles. The van der Waals surface area contributed by atoms with Crippen molar-refractivity contribution in [3.8, 4) is 5.75 Å². The van der Waals surface area contributed by atoms with Crippen LogP contribution in [0.15, 0.2) is 40.9 Å². The molecule has 6 nitrogen and oxygen atoms in total. The fourth-order valence-corrected chi connectivity index (χ4v) is 5.27. The number of aryl methyl sites for hydroxylation is 2. The summed E-state index contributed by atoms with van der Waals surface area (Å²) in [5.74, 6) is 0.0716. The number of benzene rings is 1. The van der Waals surface area contributed by atoms with Gasteiger partial charge in [0.15, 0.2) is 0 Å². The lowest BCUT2D eigenvalue weighted by atomic mass is 10.0. The van der Waals surface area contributed by atoms with Crippen molar-refractivity contribution in [3.05, 3.63) is 52.7 Å². The second-order valence-electron chi connectivity index (χ2n) is 7.03. The van der Waals surface area contributed by atoms with Crippen molar-refractivity contribution in [1.82, 2.24) is 4.98 Å². The van der Waals surface area contributed by atoms with Gasteiger partial charge in [0.05, 0.1) is 23.6 Å². The highest BCUT2D eigenvalue weighted by atomic mass is 32.2. The zero-order chi connectivity index (χ0) is 19.4. The van der Waals surface area contributed by atoms with Crippen LogP contribution in [-0.4, -0.2) is 28.7 Å². The summed E-state index contributed by atoms with van der Waals surface area (Å²) in [5, 5.41) is 0.111. The van der Waals surface area contributed by atoms with E-state index in [9.17, 15) is 9.59 Å². The van der Waals surface area contributed by atoms with Crippen LogP contribution >= 0.6 is 11.8 Å². The number of carbonyl (C=O) groups is 2. The average molecular weight is 393 g/mol. The molecule has 3 heterocycles. The number of fused-ring (bicyclic) bond motifs is 3. The van der Waals surface area contributed by atoms with E-state index in [1.54, 1.807) is 24.3 Å². The maximum absolute atomic E-state index is 13.1. The summed E-state index contributed by atoms with van der Waals surface area (Å²) in [6.07, 6.45) is 3.02. The van der Waals surface area contributed by atoms with Crippen LogP contribution in [0.5, 0.6) is 5.75 Å². The van der Waals surface area contributed by atoms with Gasteiger partial charge in [-0.05, 0) is 62.1 Å². The number of hydrogen-bond acceptors (Lipinski definition) is 6. The van der Waals surface area contributed by atoms with Gasteiger partial charge >= 0.3 is 0 Å². The molecule has 0 bridgehead atoms. The Kier molecular flexibility index (Phi) is 3.94. The third-order valence-corrected chi connectivity index (χ3v) is 6.58. The Morgan fingerprint density at radius 2 is 2.04 bits per heavy atom. The van der Waals surface area contributed by atoms with E-state index >= 15 is 0 Å². The highest BCUT2D eigenvalue weighted by molar-refractivity contribution is 8.01. The third kappa shape index (κ3) is 2.46. The molecular weight excluding hydrogens is 374 g/mol. The first-order chi connectivity index (χ1) is 13.6. The largest absolute Gasteiger partial charge is 0.494 e. The van der Waals surface area contributed by atoms with Gasteiger partial charge < -0.3 is 10.5 Å². The molecule has 0 radical (unpaired) electrons. The van der Waals surface area contributed by atoms with E-state index in [2.05, 4.69) is 0 Å². The molecule has 2 aliphatic heterocycles. The average Bonchev–Trinajstić information content (AvgIpc) is 3.24. The molecule has 2 amide bonds. The minimum Gasteiger partial charge on any atom is -0.494 e. The highest BCUT2D eigenvalue weighted by Gasteiger charge is 2.49. The Morgan fingerprint density at radius 1 is 1.25 bits per heavy atom. The molecule has 5 rings (SSSR count). The summed E-state index contributed by atoms with van der Waals surface area (Å²) in [4.78, 5) is 32.2. The van der Waals surface area contributed by atoms with Gasteiger partial charge in [0, 0.05) is 11.3 Å². The highest BCUT2D eigenvalue weighted by Crippen LogP contribution is 2.45. The molecule has 1 saturated heterocycles. The Bertz CT molecular complexity index is 1050. The normalized spacial score (nSPS) is 20.3. The van der Waals surface area contributed by atoms with Gasteiger partial charge in [0.2, 0.25) is 0 Å². The monoisotopic (exact) mass is 393 g/mol.